The fraction of sp³-hybridized carbons (Fsp3) is 0.471. The van der Waals surface area contributed by atoms with Gasteiger partial charge in [0.15, 0.2) is 0 Å². The molecule has 0 aliphatic carbocycles. The number of morpholine rings is 1. The summed E-state index contributed by atoms with van der Waals surface area (Å²) >= 11 is 0. The van der Waals surface area contributed by atoms with Gasteiger partial charge in [-0.1, -0.05) is 25.1 Å². The van der Waals surface area contributed by atoms with E-state index in [1.165, 1.54) is 4.31 Å². The third kappa shape index (κ3) is 4.66. The molecule has 1 aliphatic rings. The van der Waals surface area contributed by atoms with Crippen LogP contribution < -0.4 is 5.32 Å². The number of carbonyl (C=O) groups is 1. The number of hydrogen-bond donors (Lipinski definition) is 1. The van der Waals surface area contributed by atoms with E-state index in [0.717, 1.165) is 12.0 Å². The number of allylic oxidation sites excluding steroid dienone is 1. The molecule has 132 valence electrons. The zero-order valence-corrected chi connectivity index (χ0v) is 14.9. The third-order valence-corrected chi connectivity index (χ3v) is 5.77. The molecule has 1 saturated heterocycles. The Bertz CT molecular complexity index is 690. The molecule has 2 rings (SSSR count). The van der Waals surface area contributed by atoms with Crippen LogP contribution in [0.3, 0.4) is 0 Å². The Hall–Kier alpha value is -1.70. The number of benzene rings is 1. The summed E-state index contributed by atoms with van der Waals surface area (Å²) in [5, 5.41) is 2.82. The molecule has 1 aromatic rings. The first kappa shape index (κ1) is 18.6. The second kappa shape index (κ2) is 8.41. The van der Waals surface area contributed by atoms with E-state index in [0.29, 0.717) is 38.4 Å². The largest absolute Gasteiger partial charge is 0.379 e. The highest BCUT2D eigenvalue weighted by molar-refractivity contribution is 7.89. The van der Waals surface area contributed by atoms with Crippen LogP contribution in [0.2, 0.25) is 0 Å². The van der Waals surface area contributed by atoms with Gasteiger partial charge in [0.05, 0.1) is 18.1 Å². The summed E-state index contributed by atoms with van der Waals surface area (Å²) in [6.07, 6.45) is 2.68. The first-order chi connectivity index (χ1) is 11.4. The van der Waals surface area contributed by atoms with Crippen LogP contribution in [0.4, 0.5) is 0 Å². The molecule has 7 heteroatoms. The van der Waals surface area contributed by atoms with Gasteiger partial charge < -0.3 is 10.1 Å². The lowest BCUT2D eigenvalue weighted by Gasteiger charge is -2.26. The van der Waals surface area contributed by atoms with Crippen molar-refractivity contribution >= 4 is 15.9 Å². The normalized spacial score (nSPS) is 16.8. The Morgan fingerprint density at radius 3 is 2.46 bits per heavy atom. The molecule has 0 aromatic heterocycles. The van der Waals surface area contributed by atoms with Crippen molar-refractivity contribution in [1.29, 1.82) is 0 Å². The van der Waals surface area contributed by atoms with Crippen LogP contribution in [-0.2, 0) is 26.1 Å². The number of amides is 1. The van der Waals surface area contributed by atoms with Crippen molar-refractivity contribution in [3.63, 3.8) is 0 Å². The van der Waals surface area contributed by atoms with Crippen molar-refractivity contribution in [3.8, 4) is 0 Å². The van der Waals surface area contributed by atoms with E-state index >= 15 is 0 Å². The van der Waals surface area contributed by atoms with Crippen LogP contribution in [0.5, 0.6) is 0 Å². The zero-order valence-electron chi connectivity index (χ0n) is 14.1. The molecule has 0 radical (unpaired) electrons. The number of rotatable bonds is 6. The predicted octanol–water partition coefficient (Wildman–Crippen LogP) is 1.68. The first-order valence-electron chi connectivity index (χ1n) is 8.07. The number of hydrogen-bond acceptors (Lipinski definition) is 4. The van der Waals surface area contributed by atoms with Crippen molar-refractivity contribution in [2.45, 2.75) is 31.7 Å². The number of ether oxygens (including phenoxy) is 1. The van der Waals surface area contributed by atoms with E-state index in [9.17, 15) is 13.2 Å². The van der Waals surface area contributed by atoms with Gasteiger partial charge in [-0.05, 0) is 31.0 Å². The van der Waals surface area contributed by atoms with E-state index in [-0.39, 0.29) is 10.8 Å². The molecular weight excluding hydrogens is 328 g/mol. The first-order valence-corrected chi connectivity index (χ1v) is 9.51. The Labute approximate surface area is 143 Å². The predicted molar refractivity (Wildman–Crippen MR) is 91.9 cm³/mol. The lowest BCUT2D eigenvalue weighted by Crippen LogP contribution is -2.40. The quantitative estimate of drug-likeness (QED) is 0.791. The van der Waals surface area contributed by atoms with E-state index in [2.05, 4.69) is 5.32 Å². The molecule has 6 nitrogen and oxygen atoms in total. The second-order valence-electron chi connectivity index (χ2n) is 5.64. The average Bonchev–Trinajstić information content (AvgIpc) is 2.61. The Morgan fingerprint density at radius 1 is 1.25 bits per heavy atom. The maximum Gasteiger partial charge on any atom is 0.246 e. The van der Waals surface area contributed by atoms with Crippen LogP contribution in [0.15, 0.2) is 40.8 Å². The summed E-state index contributed by atoms with van der Waals surface area (Å²) in [6.45, 7) is 5.72. The van der Waals surface area contributed by atoms with Gasteiger partial charge in [-0.15, -0.1) is 0 Å². The topological polar surface area (TPSA) is 75.7 Å². The van der Waals surface area contributed by atoms with Gasteiger partial charge in [-0.2, -0.15) is 4.31 Å². The van der Waals surface area contributed by atoms with Crippen molar-refractivity contribution in [2.24, 2.45) is 0 Å². The molecular formula is C17H24N2O4S. The highest BCUT2D eigenvalue weighted by Gasteiger charge is 2.26. The molecule has 0 bridgehead atoms. The summed E-state index contributed by atoms with van der Waals surface area (Å²) in [5.41, 5.74) is 1.54. The number of nitrogens with zero attached hydrogens (tertiary/aromatic N) is 1. The summed E-state index contributed by atoms with van der Waals surface area (Å²) in [5.74, 6) is -0.109. The summed E-state index contributed by atoms with van der Waals surface area (Å²) in [4.78, 5) is 12.1. The summed E-state index contributed by atoms with van der Waals surface area (Å²) < 4.78 is 31.7. The van der Waals surface area contributed by atoms with E-state index in [4.69, 9.17) is 4.74 Å². The third-order valence-electron chi connectivity index (χ3n) is 3.85. The fourth-order valence-corrected chi connectivity index (χ4v) is 3.84. The highest BCUT2D eigenvalue weighted by Crippen LogP contribution is 2.17. The molecule has 1 fully saturated rings. The van der Waals surface area contributed by atoms with Gasteiger partial charge in [-0.25, -0.2) is 8.42 Å². The van der Waals surface area contributed by atoms with E-state index in [1.54, 1.807) is 31.2 Å². The summed E-state index contributed by atoms with van der Waals surface area (Å²) in [7, 11) is -3.47. The van der Waals surface area contributed by atoms with Crippen LogP contribution in [0.1, 0.15) is 25.8 Å². The lowest BCUT2D eigenvalue weighted by atomic mass is 10.2. The maximum absolute atomic E-state index is 12.5. The standard InChI is InChI=1S/C17H24N2O4S/c1-3-4-14(2)17(20)18-13-15-5-7-16(8-6-15)24(21,22)19-9-11-23-12-10-19/h4-8H,3,9-13H2,1-2H3,(H,18,20)/b14-4-. The molecule has 0 atom stereocenters. The number of sulfonamides is 1. The minimum absolute atomic E-state index is 0.109. The Kier molecular flexibility index (Phi) is 6.53. The average molecular weight is 352 g/mol. The maximum atomic E-state index is 12.5. The smallest absolute Gasteiger partial charge is 0.246 e. The van der Waals surface area contributed by atoms with Gasteiger partial charge in [0, 0.05) is 25.2 Å². The van der Waals surface area contributed by atoms with E-state index in [1.807, 2.05) is 13.0 Å². The number of carbonyl (C=O) groups excluding carboxylic acids is 1. The minimum Gasteiger partial charge on any atom is -0.379 e. The van der Waals surface area contributed by atoms with Gasteiger partial charge in [0.25, 0.3) is 0 Å². The van der Waals surface area contributed by atoms with Crippen molar-refractivity contribution in [3.05, 3.63) is 41.5 Å². The second-order valence-corrected chi connectivity index (χ2v) is 7.58. The lowest BCUT2D eigenvalue weighted by molar-refractivity contribution is -0.117. The highest BCUT2D eigenvalue weighted by atomic mass is 32.2. The summed E-state index contributed by atoms with van der Waals surface area (Å²) in [6, 6.07) is 6.63. The van der Waals surface area contributed by atoms with Crippen LogP contribution in [0.25, 0.3) is 0 Å². The van der Waals surface area contributed by atoms with Crippen LogP contribution in [-0.4, -0.2) is 44.9 Å². The molecule has 1 amide bonds. The van der Waals surface area contributed by atoms with E-state index < -0.39 is 10.0 Å². The minimum atomic E-state index is -3.47. The molecule has 0 spiro atoms. The molecule has 0 unspecified atom stereocenters. The molecule has 1 aromatic carbocycles. The molecule has 1 aliphatic heterocycles. The van der Waals surface area contributed by atoms with Crippen molar-refractivity contribution < 1.29 is 17.9 Å². The molecule has 1 heterocycles. The van der Waals surface area contributed by atoms with Gasteiger partial charge in [-0.3, -0.25) is 4.79 Å². The van der Waals surface area contributed by atoms with Gasteiger partial charge >= 0.3 is 0 Å². The molecule has 1 N–H and O–H groups in total. The van der Waals surface area contributed by atoms with Crippen molar-refractivity contribution in [1.82, 2.24) is 9.62 Å². The Balaban J connectivity index is 2.00. The van der Waals surface area contributed by atoms with Crippen LogP contribution >= 0.6 is 0 Å². The Morgan fingerprint density at radius 2 is 1.88 bits per heavy atom. The van der Waals surface area contributed by atoms with Crippen LogP contribution in [0, 0.1) is 0 Å². The molecule has 24 heavy (non-hydrogen) atoms. The van der Waals surface area contributed by atoms with Gasteiger partial charge in [0.2, 0.25) is 15.9 Å². The SMILES string of the molecule is CC/C=C(/C)C(=O)NCc1ccc(S(=O)(=O)N2CCOCC2)cc1. The van der Waals surface area contributed by atoms with Crippen molar-refractivity contribution in [2.75, 3.05) is 26.3 Å². The van der Waals surface area contributed by atoms with Gasteiger partial charge in [0.1, 0.15) is 0 Å². The molecule has 0 saturated carbocycles. The zero-order chi connectivity index (χ0) is 17.6. The monoisotopic (exact) mass is 352 g/mol. The number of nitrogens with one attached hydrogen (secondary N) is 1. The fourth-order valence-electron chi connectivity index (χ4n) is 2.44.